The van der Waals surface area contributed by atoms with Gasteiger partial charge in [-0.05, 0) is 28.9 Å². The van der Waals surface area contributed by atoms with Gasteiger partial charge in [-0.25, -0.2) is 4.98 Å². The zero-order chi connectivity index (χ0) is 9.26. The monoisotopic (exact) mass is 257 g/mol. The fourth-order valence-electron chi connectivity index (χ4n) is 1.05. The van der Waals surface area contributed by atoms with E-state index in [1.807, 2.05) is 30.1 Å². The van der Waals surface area contributed by atoms with Crippen LogP contribution in [-0.4, -0.2) is 14.8 Å². The van der Waals surface area contributed by atoms with E-state index in [9.17, 15) is 0 Å². The van der Waals surface area contributed by atoms with Crippen molar-refractivity contribution in [1.29, 1.82) is 0 Å². The molecule has 3 nitrogen and oxygen atoms in total. The fourth-order valence-corrected chi connectivity index (χ4v) is 2.35. The zero-order valence-corrected chi connectivity index (χ0v) is 9.47. The summed E-state index contributed by atoms with van der Waals surface area (Å²) in [4.78, 5) is 4.23. The maximum atomic E-state index is 4.28. The molecule has 0 aliphatic carbocycles. The first kappa shape index (κ1) is 8.90. The van der Waals surface area contributed by atoms with E-state index in [0.717, 1.165) is 21.0 Å². The number of aryl methyl sites for hydroxylation is 1. The standard InChI is InChI=1S/C8H8BrN3S/c1-6-2-3-12(11-6)5-8-10-4-7(9)13-8/h2-4H,5H2,1H3. The molecular weight excluding hydrogens is 250 g/mol. The SMILES string of the molecule is Cc1ccn(Cc2ncc(Br)s2)n1. The molecule has 0 aromatic carbocycles. The number of thiazole rings is 1. The molecule has 0 saturated heterocycles. The van der Waals surface area contributed by atoms with E-state index < -0.39 is 0 Å². The molecule has 0 unspecified atom stereocenters. The summed E-state index contributed by atoms with van der Waals surface area (Å²) >= 11 is 5.01. The highest BCUT2D eigenvalue weighted by Crippen LogP contribution is 2.19. The van der Waals surface area contributed by atoms with Gasteiger partial charge in [0.25, 0.3) is 0 Å². The van der Waals surface area contributed by atoms with Gasteiger partial charge < -0.3 is 0 Å². The van der Waals surface area contributed by atoms with Crippen LogP contribution in [-0.2, 0) is 6.54 Å². The second-order valence-corrected chi connectivity index (χ2v) is 5.21. The molecule has 0 saturated carbocycles. The van der Waals surface area contributed by atoms with E-state index >= 15 is 0 Å². The maximum Gasteiger partial charge on any atom is 0.115 e. The highest BCUT2D eigenvalue weighted by molar-refractivity contribution is 9.11. The highest BCUT2D eigenvalue weighted by atomic mass is 79.9. The average molecular weight is 258 g/mol. The molecule has 2 heterocycles. The third-order valence-corrected chi connectivity index (χ3v) is 3.06. The predicted octanol–water partition coefficient (Wildman–Crippen LogP) is 2.46. The van der Waals surface area contributed by atoms with Gasteiger partial charge in [-0.3, -0.25) is 4.68 Å². The van der Waals surface area contributed by atoms with Crippen LogP contribution >= 0.6 is 27.3 Å². The van der Waals surface area contributed by atoms with Crippen molar-refractivity contribution in [3.8, 4) is 0 Å². The first-order chi connectivity index (χ1) is 6.24. The van der Waals surface area contributed by atoms with Crippen LogP contribution in [0.2, 0.25) is 0 Å². The van der Waals surface area contributed by atoms with Crippen molar-refractivity contribution in [3.05, 3.63) is 32.9 Å². The molecule has 0 atom stereocenters. The summed E-state index contributed by atoms with van der Waals surface area (Å²) in [6.45, 7) is 2.73. The maximum absolute atomic E-state index is 4.28. The third-order valence-electron chi connectivity index (χ3n) is 1.60. The number of nitrogens with zero attached hydrogens (tertiary/aromatic N) is 3. The molecule has 0 spiro atoms. The molecule has 2 rings (SSSR count). The Hall–Kier alpha value is -0.680. The molecule has 5 heteroatoms. The number of halogens is 1. The minimum Gasteiger partial charge on any atom is -0.266 e. The lowest BCUT2D eigenvalue weighted by Crippen LogP contribution is -1.99. The van der Waals surface area contributed by atoms with E-state index in [0.29, 0.717) is 0 Å². The minimum atomic E-state index is 0.754. The van der Waals surface area contributed by atoms with Crippen molar-refractivity contribution in [2.24, 2.45) is 0 Å². The molecule has 0 bridgehead atoms. The Bertz CT molecular complexity index is 369. The van der Waals surface area contributed by atoms with Gasteiger partial charge in [-0.1, -0.05) is 0 Å². The van der Waals surface area contributed by atoms with Gasteiger partial charge in [0, 0.05) is 6.20 Å². The van der Waals surface area contributed by atoms with Crippen molar-refractivity contribution < 1.29 is 0 Å². The summed E-state index contributed by atoms with van der Waals surface area (Å²) in [6.07, 6.45) is 3.78. The normalized spacial score (nSPS) is 10.6. The molecule has 0 aliphatic heterocycles. The molecule has 0 amide bonds. The van der Waals surface area contributed by atoms with Gasteiger partial charge in [-0.15, -0.1) is 11.3 Å². The Morgan fingerprint density at radius 3 is 3.00 bits per heavy atom. The molecule has 2 aromatic rings. The first-order valence-electron chi connectivity index (χ1n) is 3.84. The van der Waals surface area contributed by atoms with E-state index in [4.69, 9.17) is 0 Å². The lowest BCUT2D eigenvalue weighted by Gasteiger charge is -1.95. The summed E-state index contributed by atoms with van der Waals surface area (Å²) in [5, 5.41) is 5.35. The summed E-state index contributed by atoms with van der Waals surface area (Å²) in [5.74, 6) is 0. The van der Waals surface area contributed by atoms with Gasteiger partial charge in [-0.2, -0.15) is 5.10 Å². The smallest absolute Gasteiger partial charge is 0.115 e. The van der Waals surface area contributed by atoms with Crippen molar-refractivity contribution in [2.45, 2.75) is 13.5 Å². The van der Waals surface area contributed by atoms with E-state index in [1.165, 1.54) is 0 Å². The van der Waals surface area contributed by atoms with Crippen molar-refractivity contribution in [1.82, 2.24) is 14.8 Å². The Morgan fingerprint density at radius 2 is 2.46 bits per heavy atom. The Labute approximate surface area is 88.6 Å². The van der Waals surface area contributed by atoms with Crippen molar-refractivity contribution in [2.75, 3.05) is 0 Å². The molecule has 13 heavy (non-hydrogen) atoms. The van der Waals surface area contributed by atoms with Gasteiger partial charge >= 0.3 is 0 Å². The fraction of sp³-hybridized carbons (Fsp3) is 0.250. The van der Waals surface area contributed by atoms with Crippen LogP contribution in [0.25, 0.3) is 0 Å². The Balaban J connectivity index is 2.14. The largest absolute Gasteiger partial charge is 0.266 e. The summed E-state index contributed by atoms with van der Waals surface area (Å²) < 4.78 is 2.95. The van der Waals surface area contributed by atoms with Crippen LogP contribution in [0.15, 0.2) is 22.2 Å². The molecule has 0 aliphatic rings. The molecule has 0 N–H and O–H groups in total. The van der Waals surface area contributed by atoms with Gasteiger partial charge in [0.1, 0.15) is 5.01 Å². The quantitative estimate of drug-likeness (QED) is 0.828. The van der Waals surface area contributed by atoms with Crippen LogP contribution in [0.1, 0.15) is 10.7 Å². The Kier molecular flexibility index (Phi) is 2.46. The summed E-state index contributed by atoms with van der Waals surface area (Å²) in [6, 6.07) is 1.99. The van der Waals surface area contributed by atoms with E-state index in [1.54, 1.807) is 11.3 Å². The van der Waals surface area contributed by atoms with Gasteiger partial charge in [0.2, 0.25) is 0 Å². The molecular formula is C8H8BrN3S. The van der Waals surface area contributed by atoms with Crippen LogP contribution in [0.5, 0.6) is 0 Å². The van der Waals surface area contributed by atoms with Crippen LogP contribution in [0.4, 0.5) is 0 Å². The minimum absolute atomic E-state index is 0.754. The van der Waals surface area contributed by atoms with Crippen LogP contribution < -0.4 is 0 Å². The lowest BCUT2D eigenvalue weighted by atomic mass is 10.5. The summed E-state index contributed by atoms with van der Waals surface area (Å²) in [5.41, 5.74) is 1.04. The van der Waals surface area contributed by atoms with E-state index in [-0.39, 0.29) is 0 Å². The van der Waals surface area contributed by atoms with E-state index in [2.05, 4.69) is 26.0 Å². The second kappa shape index (κ2) is 3.59. The number of hydrogen-bond acceptors (Lipinski definition) is 3. The van der Waals surface area contributed by atoms with Gasteiger partial charge in [0.15, 0.2) is 0 Å². The third kappa shape index (κ3) is 2.16. The topological polar surface area (TPSA) is 30.7 Å². The number of aromatic nitrogens is 3. The van der Waals surface area contributed by atoms with Crippen molar-refractivity contribution >= 4 is 27.3 Å². The number of hydrogen-bond donors (Lipinski definition) is 0. The first-order valence-corrected chi connectivity index (χ1v) is 5.45. The molecule has 2 aromatic heterocycles. The molecule has 0 fully saturated rings. The molecule has 68 valence electrons. The van der Waals surface area contributed by atoms with Gasteiger partial charge in [0.05, 0.1) is 22.2 Å². The van der Waals surface area contributed by atoms with Crippen molar-refractivity contribution in [3.63, 3.8) is 0 Å². The summed E-state index contributed by atoms with van der Waals surface area (Å²) in [7, 11) is 0. The lowest BCUT2D eigenvalue weighted by molar-refractivity contribution is 0.676. The predicted molar refractivity (Wildman–Crippen MR) is 55.9 cm³/mol. The average Bonchev–Trinajstić information content (AvgIpc) is 2.62. The van der Waals surface area contributed by atoms with Crippen LogP contribution in [0, 0.1) is 6.92 Å². The molecule has 0 radical (unpaired) electrons. The zero-order valence-electron chi connectivity index (χ0n) is 7.07. The highest BCUT2D eigenvalue weighted by Gasteiger charge is 2.01. The van der Waals surface area contributed by atoms with Crippen LogP contribution in [0.3, 0.4) is 0 Å². The number of rotatable bonds is 2. The Morgan fingerprint density at radius 1 is 1.62 bits per heavy atom. The second-order valence-electron chi connectivity index (χ2n) is 2.71.